The van der Waals surface area contributed by atoms with Gasteiger partial charge in [-0.1, -0.05) is 41.4 Å². The summed E-state index contributed by atoms with van der Waals surface area (Å²) in [6.07, 6.45) is 0. The smallest absolute Gasteiger partial charge is 0.132 e. The maximum atomic E-state index is 6.29. The van der Waals surface area contributed by atoms with Crippen molar-refractivity contribution >= 4 is 39.8 Å². The number of aryl methyl sites for hydroxylation is 1. The molecule has 3 rings (SSSR count). The Morgan fingerprint density at radius 1 is 1.05 bits per heavy atom. The van der Waals surface area contributed by atoms with E-state index < -0.39 is 0 Å². The molecule has 1 aromatic heterocycles. The number of nitrogen functional groups attached to an aromatic ring is 1. The Hall–Kier alpha value is -1.77. The van der Waals surface area contributed by atoms with Crippen LogP contribution in [0.5, 0.6) is 0 Å². The van der Waals surface area contributed by atoms with Crippen molar-refractivity contribution in [3.05, 3.63) is 58.1 Å². The molecule has 2 nitrogen and oxygen atoms in total. The SMILES string of the molecule is Cc1cccc(Cl)c1-c1cc2ccc(Cl)cc2c(N)n1. The van der Waals surface area contributed by atoms with Crippen LogP contribution in [0, 0.1) is 6.92 Å². The van der Waals surface area contributed by atoms with Gasteiger partial charge in [0.15, 0.2) is 0 Å². The number of hydrogen-bond acceptors (Lipinski definition) is 2. The van der Waals surface area contributed by atoms with Crippen molar-refractivity contribution in [2.45, 2.75) is 6.92 Å². The molecule has 0 bridgehead atoms. The molecule has 0 atom stereocenters. The van der Waals surface area contributed by atoms with E-state index in [1.165, 1.54) is 0 Å². The van der Waals surface area contributed by atoms with Gasteiger partial charge in [-0.05, 0) is 42.1 Å². The number of pyridine rings is 1. The van der Waals surface area contributed by atoms with E-state index in [-0.39, 0.29) is 0 Å². The molecule has 0 aliphatic rings. The van der Waals surface area contributed by atoms with E-state index in [0.29, 0.717) is 15.9 Å². The zero-order chi connectivity index (χ0) is 14.3. The van der Waals surface area contributed by atoms with Crippen molar-refractivity contribution in [2.75, 3.05) is 5.73 Å². The van der Waals surface area contributed by atoms with Gasteiger partial charge in [0.2, 0.25) is 0 Å². The second-order valence-electron chi connectivity index (χ2n) is 4.69. The predicted octanol–water partition coefficient (Wildman–Crippen LogP) is 5.10. The number of fused-ring (bicyclic) bond motifs is 1. The first kappa shape index (κ1) is 13.2. The van der Waals surface area contributed by atoms with Gasteiger partial charge in [-0.3, -0.25) is 0 Å². The number of nitrogens with zero attached hydrogens (tertiary/aromatic N) is 1. The summed E-state index contributed by atoms with van der Waals surface area (Å²) in [6, 6.07) is 13.4. The third-order valence-electron chi connectivity index (χ3n) is 3.30. The molecule has 0 aliphatic heterocycles. The molecule has 0 amide bonds. The van der Waals surface area contributed by atoms with Crippen LogP contribution < -0.4 is 5.73 Å². The first-order valence-corrected chi connectivity index (χ1v) is 6.93. The van der Waals surface area contributed by atoms with Crippen molar-refractivity contribution in [2.24, 2.45) is 0 Å². The molecule has 0 aliphatic carbocycles. The third-order valence-corrected chi connectivity index (χ3v) is 3.85. The van der Waals surface area contributed by atoms with Gasteiger partial charge in [0.05, 0.1) is 10.7 Å². The predicted molar refractivity (Wildman–Crippen MR) is 86.3 cm³/mol. The molecule has 2 N–H and O–H groups in total. The summed E-state index contributed by atoms with van der Waals surface area (Å²) in [6.45, 7) is 2.01. The van der Waals surface area contributed by atoms with Gasteiger partial charge in [0.1, 0.15) is 5.82 Å². The molecule has 0 radical (unpaired) electrons. The van der Waals surface area contributed by atoms with E-state index in [2.05, 4.69) is 4.98 Å². The molecule has 20 heavy (non-hydrogen) atoms. The Morgan fingerprint density at radius 2 is 1.85 bits per heavy atom. The lowest BCUT2D eigenvalue weighted by atomic mass is 10.0. The lowest BCUT2D eigenvalue weighted by Crippen LogP contribution is -1.96. The van der Waals surface area contributed by atoms with Gasteiger partial charge >= 0.3 is 0 Å². The zero-order valence-electron chi connectivity index (χ0n) is 10.8. The fourth-order valence-electron chi connectivity index (χ4n) is 2.33. The summed E-state index contributed by atoms with van der Waals surface area (Å²) in [7, 11) is 0. The highest BCUT2D eigenvalue weighted by molar-refractivity contribution is 6.33. The van der Waals surface area contributed by atoms with Gasteiger partial charge in [0, 0.05) is 16.0 Å². The fraction of sp³-hybridized carbons (Fsp3) is 0.0625. The summed E-state index contributed by atoms with van der Waals surface area (Å²) in [4.78, 5) is 4.47. The van der Waals surface area contributed by atoms with Gasteiger partial charge in [-0.25, -0.2) is 4.98 Å². The Labute approximate surface area is 127 Å². The molecular weight excluding hydrogens is 291 g/mol. The zero-order valence-corrected chi connectivity index (χ0v) is 12.3. The Morgan fingerprint density at radius 3 is 2.60 bits per heavy atom. The number of rotatable bonds is 1. The number of halogens is 2. The van der Waals surface area contributed by atoms with Gasteiger partial charge in [0.25, 0.3) is 0 Å². The Balaban J connectivity index is 2.31. The summed E-state index contributed by atoms with van der Waals surface area (Å²) in [5.74, 6) is 0.458. The first-order valence-electron chi connectivity index (χ1n) is 6.17. The molecule has 4 heteroatoms. The van der Waals surface area contributed by atoms with Crippen LogP contribution in [0.4, 0.5) is 5.82 Å². The van der Waals surface area contributed by atoms with Gasteiger partial charge < -0.3 is 5.73 Å². The van der Waals surface area contributed by atoms with Crippen LogP contribution in [0.3, 0.4) is 0 Å². The molecule has 2 aromatic carbocycles. The topological polar surface area (TPSA) is 38.9 Å². The van der Waals surface area contributed by atoms with Crippen LogP contribution in [-0.4, -0.2) is 4.98 Å². The number of hydrogen-bond donors (Lipinski definition) is 1. The van der Waals surface area contributed by atoms with E-state index in [9.17, 15) is 0 Å². The van der Waals surface area contributed by atoms with Gasteiger partial charge in [-0.2, -0.15) is 0 Å². The van der Waals surface area contributed by atoms with Crippen molar-refractivity contribution in [1.82, 2.24) is 4.98 Å². The normalized spacial score (nSPS) is 10.9. The second-order valence-corrected chi connectivity index (χ2v) is 5.53. The summed E-state index contributed by atoms with van der Waals surface area (Å²) in [5, 5.41) is 3.17. The maximum Gasteiger partial charge on any atom is 0.132 e. The lowest BCUT2D eigenvalue weighted by molar-refractivity contribution is 1.33. The molecule has 0 spiro atoms. The van der Waals surface area contributed by atoms with Crippen LogP contribution in [0.25, 0.3) is 22.0 Å². The lowest BCUT2D eigenvalue weighted by Gasteiger charge is -2.10. The monoisotopic (exact) mass is 302 g/mol. The van der Waals surface area contributed by atoms with Crippen molar-refractivity contribution in [1.29, 1.82) is 0 Å². The van der Waals surface area contributed by atoms with Crippen LogP contribution in [0.1, 0.15) is 5.56 Å². The van der Waals surface area contributed by atoms with Crippen LogP contribution >= 0.6 is 23.2 Å². The van der Waals surface area contributed by atoms with E-state index in [0.717, 1.165) is 27.6 Å². The maximum absolute atomic E-state index is 6.29. The molecule has 0 unspecified atom stereocenters. The van der Waals surface area contributed by atoms with E-state index in [4.69, 9.17) is 28.9 Å². The number of nitrogens with two attached hydrogens (primary N) is 1. The average molecular weight is 303 g/mol. The summed E-state index contributed by atoms with van der Waals surface area (Å²) >= 11 is 12.3. The minimum absolute atomic E-state index is 0.458. The average Bonchev–Trinajstić information content (AvgIpc) is 2.39. The van der Waals surface area contributed by atoms with Crippen LogP contribution in [-0.2, 0) is 0 Å². The highest BCUT2D eigenvalue weighted by Crippen LogP contribution is 2.33. The molecule has 0 saturated carbocycles. The van der Waals surface area contributed by atoms with Crippen molar-refractivity contribution in [3.8, 4) is 11.3 Å². The molecule has 3 aromatic rings. The molecule has 1 heterocycles. The molecule has 100 valence electrons. The van der Waals surface area contributed by atoms with E-state index >= 15 is 0 Å². The summed E-state index contributed by atoms with van der Waals surface area (Å²) < 4.78 is 0. The molecule has 0 saturated heterocycles. The Kier molecular flexibility index (Phi) is 3.28. The van der Waals surface area contributed by atoms with E-state index in [1.807, 2.05) is 49.4 Å². The Bertz CT molecular complexity index is 793. The number of aromatic nitrogens is 1. The third kappa shape index (κ3) is 2.21. The minimum Gasteiger partial charge on any atom is -0.383 e. The molecular formula is C16H12Cl2N2. The minimum atomic E-state index is 0.458. The highest BCUT2D eigenvalue weighted by atomic mass is 35.5. The van der Waals surface area contributed by atoms with Gasteiger partial charge in [-0.15, -0.1) is 0 Å². The van der Waals surface area contributed by atoms with Crippen LogP contribution in [0.2, 0.25) is 10.0 Å². The number of anilines is 1. The molecule has 0 fully saturated rings. The number of benzene rings is 2. The van der Waals surface area contributed by atoms with E-state index in [1.54, 1.807) is 0 Å². The summed E-state index contributed by atoms with van der Waals surface area (Å²) in [5.41, 5.74) is 8.81. The first-order chi connectivity index (χ1) is 9.56. The van der Waals surface area contributed by atoms with Crippen LogP contribution in [0.15, 0.2) is 42.5 Å². The highest BCUT2D eigenvalue weighted by Gasteiger charge is 2.11. The van der Waals surface area contributed by atoms with Crippen molar-refractivity contribution in [3.63, 3.8) is 0 Å². The fourth-order valence-corrected chi connectivity index (χ4v) is 2.82. The van der Waals surface area contributed by atoms with Crippen molar-refractivity contribution < 1.29 is 0 Å². The second kappa shape index (κ2) is 4.97. The standard InChI is InChI=1S/C16H12Cl2N2/c1-9-3-2-4-13(18)15(9)14-7-10-5-6-11(17)8-12(10)16(19)20-14/h2-8H,1H3,(H2,19,20). The largest absolute Gasteiger partial charge is 0.383 e. The quantitative estimate of drug-likeness (QED) is 0.679.